The second-order valence-electron chi connectivity index (χ2n) is 4.69. The van der Waals surface area contributed by atoms with Crippen molar-refractivity contribution >= 4 is 34.1 Å². The van der Waals surface area contributed by atoms with E-state index in [0.29, 0.717) is 32.9 Å². The van der Waals surface area contributed by atoms with Gasteiger partial charge in [0.25, 0.3) is 5.91 Å². The Bertz CT molecular complexity index is 860. The molecule has 3 aromatic rings. The molecule has 0 saturated carbocycles. The monoisotopic (exact) mass is 318 g/mol. The predicted molar refractivity (Wildman–Crippen MR) is 84.2 cm³/mol. The van der Waals surface area contributed by atoms with Gasteiger partial charge in [0, 0.05) is 22.1 Å². The SMILES string of the molecule is COc1ccc(Cl)cc1NC(=O)c1c[nH]c2cc(F)ccc12. The Morgan fingerprint density at radius 2 is 2.09 bits per heavy atom. The Morgan fingerprint density at radius 1 is 1.27 bits per heavy atom. The first-order chi connectivity index (χ1) is 10.6. The van der Waals surface area contributed by atoms with Crippen LogP contribution in [0.1, 0.15) is 10.4 Å². The molecule has 0 unspecified atom stereocenters. The molecule has 22 heavy (non-hydrogen) atoms. The Kier molecular flexibility index (Phi) is 3.73. The van der Waals surface area contributed by atoms with E-state index in [1.54, 1.807) is 24.3 Å². The number of amides is 1. The summed E-state index contributed by atoms with van der Waals surface area (Å²) in [6.45, 7) is 0. The van der Waals surface area contributed by atoms with E-state index < -0.39 is 0 Å². The van der Waals surface area contributed by atoms with Crippen LogP contribution in [0.25, 0.3) is 10.9 Å². The van der Waals surface area contributed by atoms with Crippen molar-refractivity contribution in [1.29, 1.82) is 0 Å². The highest BCUT2D eigenvalue weighted by atomic mass is 35.5. The molecular weight excluding hydrogens is 307 g/mol. The predicted octanol–water partition coefficient (Wildman–Crippen LogP) is 4.22. The molecular formula is C16H12ClFN2O2. The van der Waals surface area contributed by atoms with Crippen molar-refractivity contribution in [2.45, 2.75) is 0 Å². The highest BCUT2D eigenvalue weighted by Gasteiger charge is 2.14. The molecule has 0 aliphatic carbocycles. The van der Waals surface area contributed by atoms with Gasteiger partial charge in [-0.25, -0.2) is 4.39 Å². The van der Waals surface area contributed by atoms with E-state index in [1.165, 1.54) is 25.4 Å². The molecule has 0 saturated heterocycles. The minimum Gasteiger partial charge on any atom is -0.495 e. The van der Waals surface area contributed by atoms with Crippen LogP contribution in [0.15, 0.2) is 42.6 Å². The Labute approximate surface area is 130 Å². The Balaban J connectivity index is 1.95. The van der Waals surface area contributed by atoms with E-state index >= 15 is 0 Å². The zero-order chi connectivity index (χ0) is 15.7. The Morgan fingerprint density at radius 3 is 2.86 bits per heavy atom. The summed E-state index contributed by atoms with van der Waals surface area (Å²) in [5.74, 6) is -0.195. The molecule has 2 aromatic carbocycles. The van der Waals surface area contributed by atoms with Gasteiger partial charge in [-0.3, -0.25) is 4.79 Å². The number of halogens is 2. The van der Waals surface area contributed by atoms with Crippen LogP contribution in [-0.4, -0.2) is 18.0 Å². The van der Waals surface area contributed by atoms with Gasteiger partial charge in [0.1, 0.15) is 11.6 Å². The molecule has 4 nitrogen and oxygen atoms in total. The number of nitrogens with one attached hydrogen (secondary N) is 2. The second kappa shape index (κ2) is 5.69. The molecule has 2 N–H and O–H groups in total. The number of hydrogen-bond acceptors (Lipinski definition) is 2. The molecule has 0 fully saturated rings. The van der Waals surface area contributed by atoms with Crippen LogP contribution in [0, 0.1) is 5.82 Å². The number of anilines is 1. The number of fused-ring (bicyclic) bond motifs is 1. The van der Waals surface area contributed by atoms with Crippen LogP contribution < -0.4 is 10.1 Å². The van der Waals surface area contributed by atoms with Crippen LogP contribution in [0.3, 0.4) is 0 Å². The number of benzene rings is 2. The van der Waals surface area contributed by atoms with Gasteiger partial charge >= 0.3 is 0 Å². The van der Waals surface area contributed by atoms with Gasteiger partial charge in [-0.05, 0) is 36.4 Å². The summed E-state index contributed by atoms with van der Waals surface area (Å²) >= 11 is 5.94. The maximum absolute atomic E-state index is 13.2. The zero-order valence-electron chi connectivity index (χ0n) is 11.6. The summed E-state index contributed by atoms with van der Waals surface area (Å²) in [4.78, 5) is 15.3. The lowest BCUT2D eigenvalue weighted by molar-refractivity contribution is 0.102. The number of aromatic nitrogens is 1. The average molecular weight is 319 g/mol. The highest BCUT2D eigenvalue weighted by Crippen LogP contribution is 2.29. The van der Waals surface area contributed by atoms with Gasteiger partial charge in [0.05, 0.1) is 18.4 Å². The summed E-state index contributed by atoms with van der Waals surface area (Å²) in [5, 5.41) is 3.87. The van der Waals surface area contributed by atoms with E-state index in [2.05, 4.69) is 10.3 Å². The molecule has 3 rings (SSSR count). The van der Waals surface area contributed by atoms with E-state index in [-0.39, 0.29) is 11.7 Å². The van der Waals surface area contributed by atoms with Crippen LogP contribution in [0.5, 0.6) is 5.75 Å². The van der Waals surface area contributed by atoms with Gasteiger partial charge in [0.2, 0.25) is 0 Å². The van der Waals surface area contributed by atoms with Gasteiger partial charge in [-0.1, -0.05) is 11.6 Å². The minimum atomic E-state index is -0.363. The maximum Gasteiger partial charge on any atom is 0.257 e. The first-order valence-corrected chi connectivity index (χ1v) is 6.88. The van der Waals surface area contributed by atoms with Crippen LogP contribution in [0.2, 0.25) is 5.02 Å². The van der Waals surface area contributed by atoms with Gasteiger partial charge in [-0.15, -0.1) is 0 Å². The molecule has 0 spiro atoms. The third-order valence-electron chi connectivity index (χ3n) is 3.30. The fourth-order valence-corrected chi connectivity index (χ4v) is 2.43. The molecule has 1 amide bonds. The third-order valence-corrected chi connectivity index (χ3v) is 3.53. The largest absolute Gasteiger partial charge is 0.495 e. The van der Waals surface area contributed by atoms with E-state index in [4.69, 9.17) is 16.3 Å². The molecule has 0 bridgehead atoms. The van der Waals surface area contributed by atoms with Gasteiger partial charge in [0.15, 0.2) is 0 Å². The normalized spacial score (nSPS) is 10.7. The van der Waals surface area contributed by atoms with Crippen molar-refractivity contribution in [2.75, 3.05) is 12.4 Å². The number of rotatable bonds is 3. The fourth-order valence-electron chi connectivity index (χ4n) is 2.25. The standard InChI is InChI=1S/C16H12ClFN2O2/c1-22-15-5-2-9(17)6-14(15)20-16(21)12-8-19-13-7-10(18)3-4-11(12)13/h2-8,19H,1H3,(H,20,21). The number of carbonyl (C=O) groups excluding carboxylic acids is 1. The van der Waals surface area contributed by atoms with Crippen molar-refractivity contribution in [3.8, 4) is 5.75 Å². The fraction of sp³-hybridized carbons (Fsp3) is 0.0625. The van der Waals surface area contributed by atoms with E-state index in [0.717, 1.165) is 0 Å². The summed E-state index contributed by atoms with van der Waals surface area (Å²) in [5.41, 5.74) is 1.44. The molecule has 1 aromatic heterocycles. The number of hydrogen-bond donors (Lipinski definition) is 2. The lowest BCUT2D eigenvalue weighted by atomic mass is 10.1. The molecule has 6 heteroatoms. The number of carbonyl (C=O) groups is 1. The lowest BCUT2D eigenvalue weighted by Gasteiger charge is -2.10. The number of aromatic amines is 1. The van der Waals surface area contributed by atoms with Crippen molar-refractivity contribution < 1.29 is 13.9 Å². The molecule has 0 aliphatic heterocycles. The molecule has 0 radical (unpaired) electrons. The zero-order valence-corrected chi connectivity index (χ0v) is 12.4. The third kappa shape index (κ3) is 2.63. The first-order valence-electron chi connectivity index (χ1n) is 6.50. The molecule has 0 aliphatic rings. The van der Waals surface area contributed by atoms with E-state index in [1.807, 2.05) is 0 Å². The summed E-state index contributed by atoms with van der Waals surface area (Å²) in [6, 6.07) is 9.16. The summed E-state index contributed by atoms with van der Waals surface area (Å²) in [6.07, 6.45) is 1.54. The van der Waals surface area contributed by atoms with Crippen molar-refractivity contribution in [3.05, 3.63) is 59.0 Å². The van der Waals surface area contributed by atoms with Crippen LogP contribution >= 0.6 is 11.6 Å². The second-order valence-corrected chi connectivity index (χ2v) is 5.13. The average Bonchev–Trinajstić information content (AvgIpc) is 2.90. The van der Waals surface area contributed by atoms with Crippen molar-refractivity contribution in [3.63, 3.8) is 0 Å². The van der Waals surface area contributed by atoms with Gasteiger partial charge in [-0.2, -0.15) is 0 Å². The van der Waals surface area contributed by atoms with Crippen molar-refractivity contribution in [1.82, 2.24) is 4.98 Å². The quantitative estimate of drug-likeness (QED) is 0.759. The first kappa shape index (κ1) is 14.4. The highest BCUT2D eigenvalue weighted by molar-refractivity contribution is 6.31. The number of ether oxygens (including phenoxy) is 1. The van der Waals surface area contributed by atoms with Crippen molar-refractivity contribution in [2.24, 2.45) is 0 Å². The molecule has 112 valence electrons. The maximum atomic E-state index is 13.2. The molecule has 0 atom stereocenters. The number of H-pyrrole nitrogens is 1. The van der Waals surface area contributed by atoms with Crippen LogP contribution in [0.4, 0.5) is 10.1 Å². The lowest BCUT2D eigenvalue weighted by Crippen LogP contribution is -2.12. The number of methoxy groups -OCH3 is 1. The van der Waals surface area contributed by atoms with E-state index in [9.17, 15) is 9.18 Å². The summed E-state index contributed by atoms with van der Waals surface area (Å²) < 4.78 is 18.4. The topological polar surface area (TPSA) is 54.1 Å². The molecule has 1 heterocycles. The minimum absolute atomic E-state index is 0.335. The summed E-state index contributed by atoms with van der Waals surface area (Å²) in [7, 11) is 1.51. The Hall–Kier alpha value is -2.53. The van der Waals surface area contributed by atoms with Gasteiger partial charge < -0.3 is 15.0 Å². The smallest absolute Gasteiger partial charge is 0.257 e. The van der Waals surface area contributed by atoms with Crippen LogP contribution in [-0.2, 0) is 0 Å².